The molecule has 0 aromatic rings. The van der Waals surface area contributed by atoms with Crippen LogP contribution in [0.2, 0.25) is 0 Å². The van der Waals surface area contributed by atoms with Gasteiger partial charge in [0.15, 0.2) is 0 Å². The molecule has 1 rings (SSSR count). The van der Waals surface area contributed by atoms with Crippen molar-refractivity contribution in [3.63, 3.8) is 0 Å². The maximum absolute atomic E-state index is 11.1. The molecule has 0 aromatic heterocycles. The molecule has 0 unspecified atom stereocenters. The van der Waals surface area contributed by atoms with E-state index in [1.165, 1.54) is 12.8 Å². The van der Waals surface area contributed by atoms with Crippen LogP contribution in [0.15, 0.2) is 0 Å². The van der Waals surface area contributed by atoms with Crippen LogP contribution in [0.1, 0.15) is 19.3 Å². The van der Waals surface area contributed by atoms with E-state index in [0.717, 1.165) is 18.9 Å². The van der Waals surface area contributed by atoms with Gasteiger partial charge in [0.25, 0.3) is 0 Å². The topological polar surface area (TPSA) is 47.6 Å². The molecule has 0 atom stereocenters. The summed E-state index contributed by atoms with van der Waals surface area (Å²) in [6.07, 6.45) is 3.37. The van der Waals surface area contributed by atoms with Crippen molar-refractivity contribution in [3.8, 4) is 0 Å². The second-order valence-corrected chi connectivity index (χ2v) is 3.64. The van der Waals surface area contributed by atoms with Crippen LogP contribution in [-0.2, 0) is 14.3 Å². The molecule has 0 heterocycles. The second-order valence-electron chi connectivity index (χ2n) is 3.64. The molecule has 0 radical (unpaired) electrons. The van der Waals surface area contributed by atoms with Crippen LogP contribution in [0.5, 0.6) is 0 Å². The smallest absolute Gasteiger partial charge is 0.319 e. The highest BCUT2D eigenvalue weighted by atomic mass is 16.5. The summed E-state index contributed by atoms with van der Waals surface area (Å²) in [4.78, 5) is 11.1. The third kappa shape index (κ3) is 5.94. The number of nitrogens with one attached hydrogen (secondary N) is 1. The van der Waals surface area contributed by atoms with Crippen LogP contribution in [0.3, 0.4) is 0 Å². The van der Waals surface area contributed by atoms with Crippen molar-refractivity contribution >= 4 is 5.97 Å². The first kappa shape index (κ1) is 11.5. The van der Waals surface area contributed by atoms with Crippen molar-refractivity contribution in [2.24, 2.45) is 5.92 Å². The second kappa shape index (κ2) is 6.79. The fraction of sp³-hybridized carbons (Fsp3) is 0.900. The van der Waals surface area contributed by atoms with Crippen LogP contribution in [0.4, 0.5) is 0 Å². The lowest BCUT2D eigenvalue weighted by Crippen LogP contribution is -2.26. The molecule has 1 saturated carbocycles. The Bertz CT molecular complexity index is 169. The van der Waals surface area contributed by atoms with Crippen LogP contribution < -0.4 is 5.32 Å². The highest BCUT2D eigenvalue weighted by Gasteiger charge is 2.20. The van der Waals surface area contributed by atoms with E-state index in [0.29, 0.717) is 19.8 Å². The molecule has 1 aliphatic carbocycles. The summed E-state index contributed by atoms with van der Waals surface area (Å²) in [6.45, 7) is 2.39. The van der Waals surface area contributed by atoms with E-state index in [1.54, 1.807) is 7.11 Å². The van der Waals surface area contributed by atoms with E-state index < -0.39 is 0 Å². The summed E-state index contributed by atoms with van der Waals surface area (Å²) in [7, 11) is 1.64. The average Bonchev–Trinajstić information content (AvgIpc) is 2.96. The molecule has 0 bridgehead atoms. The minimum absolute atomic E-state index is 0.165. The Hall–Kier alpha value is -0.610. The Morgan fingerprint density at radius 3 is 2.86 bits per heavy atom. The number of ether oxygens (including phenoxy) is 2. The predicted molar refractivity (Wildman–Crippen MR) is 53.0 cm³/mol. The van der Waals surface area contributed by atoms with Crippen molar-refractivity contribution in [2.75, 3.05) is 33.4 Å². The SMILES string of the molecule is COCCCOC(=O)CNCC1CC1. The minimum atomic E-state index is -0.165. The lowest BCUT2D eigenvalue weighted by Gasteiger charge is -2.05. The summed E-state index contributed by atoms with van der Waals surface area (Å²) in [6, 6.07) is 0. The molecule has 0 aliphatic heterocycles. The quantitative estimate of drug-likeness (QED) is 0.460. The molecule has 4 heteroatoms. The van der Waals surface area contributed by atoms with E-state index in [4.69, 9.17) is 9.47 Å². The third-order valence-electron chi connectivity index (χ3n) is 2.16. The zero-order chi connectivity index (χ0) is 10.2. The van der Waals surface area contributed by atoms with Crippen LogP contribution >= 0.6 is 0 Å². The van der Waals surface area contributed by atoms with Gasteiger partial charge in [-0.25, -0.2) is 0 Å². The number of methoxy groups -OCH3 is 1. The van der Waals surface area contributed by atoms with Gasteiger partial charge in [-0.15, -0.1) is 0 Å². The third-order valence-corrected chi connectivity index (χ3v) is 2.16. The Balaban J connectivity index is 1.82. The molecule has 4 nitrogen and oxygen atoms in total. The Morgan fingerprint density at radius 1 is 1.43 bits per heavy atom. The Labute approximate surface area is 85.0 Å². The van der Waals surface area contributed by atoms with Crippen LogP contribution in [-0.4, -0.2) is 39.4 Å². The van der Waals surface area contributed by atoms with E-state index in [2.05, 4.69) is 5.32 Å². The zero-order valence-corrected chi connectivity index (χ0v) is 8.75. The van der Waals surface area contributed by atoms with Crippen molar-refractivity contribution in [2.45, 2.75) is 19.3 Å². The number of rotatable bonds is 8. The molecule has 14 heavy (non-hydrogen) atoms. The van der Waals surface area contributed by atoms with Crippen molar-refractivity contribution in [1.29, 1.82) is 0 Å². The molecular formula is C10H19NO3. The van der Waals surface area contributed by atoms with Gasteiger partial charge in [-0.2, -0.15) is 0 Å². The fourth-order valence-electron chi connectivity index (χ4n) is 1.14. The summed E-state index contributed by atoms with van der Waals surface area (Å²) in [5.74, 6) is 0.637. The number of carbonyl (C=O) groups is 1. The summed E-state index contributed by atoms with van der Waals surface area (Å²) in [5, 5.41) is 3.08. The van der Waals surface area contributed by atoms with E-state index >= 15 is 0 Å². The van der Waals surface area contributed by atoms with Crippen molar-refractivity contribution in [1.82, 2.24) is 5.32 Å². The van der Waals surface area contributed by atoms with E-state index in [9.17, 15) is 4.79 Å². The van der Waals surface area contributed by atoms with Gasteiger partial charge in [-0.3, -0.25) is 4.79 Å². The lowest BCUT2D eigenvalue weighted by atomic mass is 10.4. The summed E-state index contributed by atoms with van der Waals surface area (Å²) in [5.41, 5.74) is 0. The van der Waals surface area contributed by atoms with Gasteiger partial charge >= 0.3 is 5.97 Å². The van der Waals surface area contributed by atoms with Crippen LogP contribution in [0.25, 0.3) is 0 Å². The number of hydrogen-bond donors (Lipinski definition) is 1. The highest BCUT2D eigenvalue weighted by molar-refractivity contribution is 5.71. The molecule has 1 aliphatic rings. The maximum atomic E-state index is 11.1. The van der Waals surface area contributed by atoms with Gasteiger partial charge in [-0.05, 0) is 25.3 Å². The van der Waals surface area contributed by atoms with E-state index in [1.807, 2.05) is 0 Å². The van der Waals surface area contributed by atoms with Gasteiger partial charge in [0, 0.05) is 20.1 Å². The summed E-state index contributed by atoms with van der Waals surface area (Å²) < 4.78 is 9.80. The molecule has 82 valence electrons. The molecule has 0 amide bonds. The molecule has 1 fully saturated rings. The van der Waals surface area contributed by atoms with E-state index in [-0.39, 0.29) is 5.97 Å². The van der Waals surface area contributed by atoms with Crippen molar-refractivity contribution in [3.05, 3.63) is 0 Å². The first-order chi connectivity index (χ1) is 6.83. The largest absolute Gasteiger partial charge is 0.465 e. The molecule has 0 saturated heterocycles. The first-order valence-electron chi connectivity index (χ1n) is 5.18. The predicted octanol–water partition coefficient (Wildman–Crippen LogP) is 0.566. The van der Waals surface area contributed by atoms with Gasteiger partial charge in [0.1, 0.15) is 0 Å². The van der Waals surface area contributed by atoms with Crippen molar-refractivity contribution < 1.29 is 14.3 Å². The molecule has 1 N–H and O–H groups in total. The average molecular weight is 201 g/mol. The Morgan fingerprint density at radius 2 is 2.21 bits per heavy atom. The molecular weight excluding hydrogens is 182 g/mol. The Kier molecular flexibility index (Phi) is 5.56. The summed E-state index contributed by atoms with van der Waals surface area (Å²) >= 11 is 0. The van der Waals surface area contributed by atoms with Gasteiger partial charge in [0.2, 0.25) is 0 Å². The molecule has 0 aromatic carbocycles. The van der Waals surface area contributed by atoms with Gasteiger partial charge in [0.05, 0.1) is 13.2 Å². The maximum Gasteiger partial charge on any atom is 0.319 e. The monoisotopic (exact) mass is 201 g/mol. The van der Waals surface area contributed by atoms with Crippen LogP contribution in [0, 0.1) is 5.92 Å². The zero-order valence-electron chi connectivity index (χ0n) is 8.75. The highest BCUT2D eigenvalue weighted by Crippen LogP contribution is 2.27. The fourth-order valence-corrected chi connectivity index (χ4v) is 1.14. The van der Waals surface area contributed by atoms with Gasteiger partial charge < -0.3 is 14.8 Å². The number of carbonyl (C=O) groups excluding carboxylic acids is 1. The number of hydrogen-bond acceptors (Lipinski definition) is 4. The number of esters is 1. The first-order valence-corrected chi connectivity index (χ1v) is 5.18. The lowest BCUT2D eigenvalue weighted by molar-refractivity contribution is -0.142. The van der Waals surface area contributed by atoms with Gasteiger partial charge in [-0.1, -0.05) is 0 Å². The standard InChI is InChI=1S/C10H19NO3/c1-13-5-2-6-14-10(12)8-11-7-9-3-4-9/h9,11H,2-8H2,1H3. The normalized spacial score (nSPS) is 15.5. The minimum Gasteiger partial charge on any atom is -0.465 e. The molecule has 0 spiro atoms.